The number of rotatable bonds is 2. The number of carbonyl (C=O) groups is 2. The largest absolute Gasteiger partial charge is 0.478 e. The minimum absolute atomic E-state index is 0.273. The van der Waals surface area contributed by atoms with Crippen molar-refractivity contribution in [3.8, 4) is 0 Å². The van der Waals surface area contributed by atoms with Gasteiger partial charge in [-0.1, -0.05) is 12.1 Å². The smallest absolute Gasteiger partial charge is 0.336 e. The SMILES string of the molecule is NC(=O)c1ccc2cc[nH]c2c1Br.O=C(O)c1ccc2cc[nH]c2c1Br.[2H]CF. The summed E-state index contributed by atoms with van der Waals surface area (Å²) in [6, 6.07) is 10.8. The first-order valence-corrected chi connectivity index (χ1v) is 9.29. The number of primary amides is 1. The zero-order chi connectivity index (χ0) is 21.6. The minimum atomic E-state index is -1.00. The Kier molecular flexibility index (Phi) is 6.83. The lowest BCUT2D eigenvalue weighted by Gasteiger charge is -2.00. The lowest BCUT2D eigenvalue weighted by atomic mass is 10.1. The third kappa shape index (κ3) is 4.42. The number of benzene rings is 2. The van der Waals surface area contributed by atoms with Crippen LogP contribution < -0.4 is 5.73 Å². The van der Waals surface area contributed by atoms with E-state index in [9.17, 15) is 14.0 Å². The van der Waals surface area contributed by atoms with E-state index in [2.05, 4.69) is 41.8 Å². The van der Waals surface area contributed by atoms with Gasteiger partial charge in [-0.25, -0.2) is 4.79 Å². The van der Waals surface area contributed by atoms with Crippen molar-refractivity contribution in [2.75, 3.05) is 7.15 Å². The van der Waals surface area contributed by atoms with Gasteiger partial charge in [-0.3, -0.25) is 9.18 Å². The van der Waals surface area contributed by atoms with E-state index in [1.54, 1.807) is 24.4 Å². The van der Waals surface area contributed by atoms with Gasteiger partial charge in [0.15, 0.2) is 0 Å². The van der Waals surface area contributed by atoms with Crippen LogP contribution in [0.25, 0.3) is 21.8 Å². The fraction of sp³-hybridized carbons (Fsp3) is 0.0526. The molecule has 2 aromatic heterocycles. The number of carboxylic acid groups (broad SMARTS) is 1. The van der Waals surface area contributed by atoms with Crippen molar-refractivity contribution in [1.82, 2.24) is 9.97 Å². The first-order chi connectivity index (χ1) is 13.8. The average molecular weight is 514 g/mol. The van der Waals surface area contributed by atoms with Gasteiger partial charge in [0, 0.05) is 23.2 Å². The Labute approximate surface area is 177 Å². The van der Waals surface area contributed by atoms with Gasteiger partial charge in [0.05, 0.1) is 39.6 Å². The number of nitrogens with one attached hydrogen (secondary N) is 2. The minimum Gasteiger partial charge on any atom is -0.478 e. The average Bonchev–Trinajstić information content (AvgIpc) is 3.32. The van der Waals surface area contributed by atoms with Gasteiger partial charge in [-0.15, -0.1) is 0 Å². The highest BCUT2D eigenvalue weighted by Gasteiger charge is 2.11. The second-order valence-corrected chi connectivity index (χ2v) is 6.99. The molecular weight excluding hydrogens is 497 g/mol. The predicted octanol–water partition coefficient (Wildman–Crippen LogP) is 5.24. The highest BCUT2D eigenvalue weighted by Crippen LogP contribution is 2.27. The van der Waals surface area contributed by atoms with Gasteiger partial charge in [0.2, 0.25) is 5.91 Å². The Morgan fingerprint density at radius 3 is 1.82 bits per heavy atom. The summed E-state index contributed by atoms with van der Waals surface area (Å²) in [7, 11) is -1.00. The molecule has 6 nitrogen and oxygen atoms in total. The monoisotopic (exact) mass is 512 g/mol. The summed E-state index contributed by atoms with van der Waals surface area (Å²) in [5.41, 5.74) is 7.68. The molecule has 9 heteroatoms. The van der Waals surface area contributed by atoms with E-state index in [4.69, 9.17) is 12.2 Å². The zero-order valence-electron chi connectivity index (χ0n) is 15.3. The summed E-state index contributed by atoms with van der Waals surface area (Å²) in [5, 5.41) is 10.9. The van der Waals surface area contributed by atoms with Crippen molar-refractivity contribution >= 4 is 65.5 Å². The molecule has 0 bridgehead atoms. The zero-order valence-corrected chi connectivity index (χ0v) is 17.5. The lowest BCUT2D eigenvalue weighted by Crippen LogP contribution is -2.11. The number of hydrogen-bond donors (Lipinski definition) is 4. The fourth-order valence-corrected chi connectivity index (χ4v) is 3.85. The van der Waals surface area contributed by atoms with Crippen LogP contribution in [0.3, 0.4) is 0 Å². The van der Waals surface area contributed by atoms with E-state index in [1.165, 1.54) is 0 Å². The summed E-state index contributed by atoms with van der Waals surface area (Å²) in [6.07, 6.45) is 3.60. The molecule has 146 valence electrons. The second-order valence-electron chi connectivity index (χ2n) is 5.41. The molecule has 0 saturated carbocycles. The number of carbonyl (C=O) groups excluding carboxylic acids is 1. The van der Waals surface area contributed by atoms with E-state index in [0.717, 1.165) is 26.3 Å². The number of hydrogen-bond acceptors (Lipinski definition) is 2. The molecule has 0 spiro atoms. The van der Waals surface area contributed by atoms with Crippen molar-refractivity contribution in [3.05, 3.63) is 68.9 Å². The number of aromatic nitrogens is 2. The Hall–Kier alpha value is -2.65. The summed E-state index contributed by atoms with van der Waals surface area (Å²) >= 11 is 6.58. The highest BCUT2D eigenvalue weighted by atomic mass is 79.9. The quantitative estimate of drug-likeness (QED) is 0.294. The molecule has 2 aromatic carbocycles. The number of amides is 1. The van der Waals surface area contributed by atoms with Crippen LogP contribution in [0.15, 0.2) is 57.7 Å². The Morgan fingerprint density at radius 2 is 1.39 bits per heavy atom. The van der Waals surface area contributed by atoms with Crippen LogP contribution in [0.2, 0.25) is 0 Å². The third-order valence-corrected chi connectivity index (χ3v) is 5.47. The van der Waals surface area contributed by atoms with E-state index in [-0.39, 0.29) is 5.56 Å². The van der Waals surface area contributed by atoms with E-state index in [0.29, 0.717) is 10.0 Å². The maximum atomic E-state index is 11.0. The normalized spacial score (nSPS) is 10.5. The van der Waals surface area contributed by atoms with Gasteiger partial charge in [0.1, 0.15) is 0 Å². The third-order valence-electron chi connectivity index (χ3n) is 3.83. The predicted molar refractivity (Wildman–Crippen MR) is 115 cm³/mol. The molecular formula is C19H16Br2FN3O3. The van der Waals surface area contributed by atoms with Gasteiger partial charge < -0.3 is 20.8 Å². The van der Waals surface area contributed by atoms with E-state index in [1.807, 2.05) is 24.4 Å². The van der Waals surface area contributed by atoms with Crippen LogP contribution in [0, 0.1) is 0 Å². The van der Waals surface area contributed by atoms with Crippen LogP contribution in [0.1, 0.15) is 22.1 Å². The molecule has 0 radical (unpaired) electrons. The van der Waals surface area contributed by atoms with Gasteiger partial charge in [0.25, 0.3) is 0 Å². The number of H-pyrrole nitrogens is 2. The van der Waals surface area contributed by atoms with Crippen LogP contribution in [0.4, 0.5) is 4.39 Å². The Balaban J connectivity index is 0.000000183. The molecule has 4 aromatic rings. The fourth-order valence-electron chi connectivity index (χ4n) is 2.54. The van der Waals surface area contributed by atoms with Crippen molar-refractivity contribution in [3.63, 3.8) is 0 Å². The van der Waals surface area contributed by atoms with Crippen molar-refractivity contribution in [1.29, 1.82) is 0 Å². The lowest BCUT2D eigenvalue weighted by molar-refractivity contribution is 0.0696. The summed E-state index contributed by atoms with van der Waals surface area (Å²) in [6.45, 7) is 0. The summed E-state index contributed by atoms with van der Waals surface area (Å²) < 4.78 is 16.8. The molecule has 5 N–H and O–H groups in total. The molecule has 4 rings (SSSR count). The summed E-state index contributed by atoms with van der Waals surface area (Å²) in [5.74, 6) is -1.35. The van der Waals surface area contributed by atoms with Crippen molar-refractivity contribution < 1.29 is 20.5 Å². The number of nitrogens with two attached hydrogens (primary N) is 1. The van der Waals surface area contributed by atoms with E-state index >= 15 is 0 Å². The van der Waals surface area contributed by atoms with E-state index < -0.39 is 19.0 Å². The molecule has 0 atom stereocenters. The first kappa shape index (κ1) is 20.1. The molecule has 1 amide bonds. The maximum absolute atomic E-state index is 11.0. The van der Waals surface area contributed by atoms with Crippen LogP contribution in [-0.2, 0) is 0 Å². The molecule has 0 unspecified atom stereocenters. The van der Waals surface area contributed by atoms with Crippen LogP contribution in [0.5, 0.6) is 0 Å². The van der Waals surface area contributed by atoms with Crippen molar-refractivity contribution in [2.24, 2.45) is 5.73 Å². The number of aromatic carboxylic acids is 1. The maximum Gasteiger partial charge on any atom is 0.336 e. The van der Waals surface area contributed by atoms with Gasteiger partial charge in [-0.05, 0) is 56.1 Å². The number of alkyl halides is 1. The highest BCUT2D eigenvalue weighted by molar-refractivity contribution is 9.11. The molecule has 0 fully saturated rings. The Bertz CT molecular complexity index is 1070. The number of halogens is 3. The molecule has 2 heterocycles. The van der Waals surface area contributed by atoms with Gasteiger partial charge in [-0.2, -0.15) is 0 Å². The standard InChI is InChI=1S/C9H7BrN2O.C9H6BrNO2.CH3F/c10-7-6(9(11)13)2-1-5-3-4-12-8(5)7;10-7-6(9(12)13)2-1-5-3-4-11-8(5)7;1-2/h1-4,12H,(H2,11,13);1-4,11H,(H,12,13);1H3/i;;1D. The second kappa shape index (κ2) is 9.52. The number of carboxylic acids is 1. The van der Waals surface area contributed by atoms with Crippen molar-refractivity contribution in [2.45, 2.75) is 0 Å². The van der Waals surface area contributed by atoms with Crippen LogP contribution in [-0.4, -0.2) is 34.1 Å². The number of aromatic amines is 2. The summed E-state index contributed by atoms with van der Waals surface area (Å²) in [4.78, 5) is 27.7. The first-order valence-electron chi connectivity index (χ1n) is 8.42. The molecule has 0 saturated heterocycles. The molecule has 0 aliphatic rings. The number of fused-ring (bicyclic) bond motifs is 2. The van der Waals surface area contributed by atoms with Crippen LogP contribution >= 0.6 is 31.9 Å². The molecule has 0 aliphatic carbocycles. The topological polar surface area (TPSA) is 112 Å². The van der Waals surface area contributed by atoms with Gasteiger partial charge >= 0.3 is 5.97 Å². The molecule has 28 heavy (non-hydrogen) atoms. The molecule has 0 aliphatic heterocycles. The Morgan fingerprint density at radius 1 is 0.964 bits per heavy atom.